The first-order valence-electron chi connectivity index (χ1n) is 2.96. The van der Waals surface area contributed by atoms with Crippen LogP contribution in [0, 0.1) is 5.92 Å². The minimum Gasteiger partial charge on any atom is -0.395 e. The van der Waals surface area contributed by atoms with Gasteiger partial charge in [-0.2, -0.15) is 0 Å². The molecule has 1 N–H and O–H groups in total. The van der Waals surface area contributed by atoms with Crippen LogP contribution in [0.2, 0.25) is 0 Å². The fourth-order valence-electron chi connectivity index (χ4n) is 0.825. The first kappa shape index (κ1) is 6.49. The molecule has 1 atom stereocenters. The van der Waals surface area contributed by atoms with E-state index in [2.05, 4.69) is 0 Å². The van der Waals surface area contributed by atoms with Crippen LogP contribution in [0.15, 0.2) is 24.1 Å². The van der Waals surface area contributed by atoms with Crippen LogP contribution in [-0.2, 0) is 0 Å². The van der Waals surface area contributed by atoms with Crippen molar-refractivity contribution in [3.63, 3.8) is 0 Å². The summed E-state index contributed by atoms with van der Waals surface area (Å²) in [6.45, 7) is 0.00389. The van der Waals surface area contributed by atoms with Crippen LogP contribution in [0.1, 0.15) is 6.42 Å². The Morgan fingerprint density at radius 3 is 3.00 bits per heavy atom. The minimum absolute atomic E-state index is 0.00389. The van der Waals surface area contributed by atoms with Crippen molar-refractivity contribution in [1.82, 2.24) is 0 Å². The predicted octanol–water partition coefficient (Wildman–Crippen LogP) is 1.41. The molecular formula is C7H9FO. The normalized spacial score (nSPS) is 26.0. The van der Waals surface area contributed by atoms with Gasteiger partial charge in [-0.3, -0.25) is 0 Å². The van der Waals surface area contributed by atoms with Gasteiger partial charge in [0.2, 0.25) is 0 Å². The average Bonchev–Trinajstić information content (AvgIpc) is 1.88. The topological polar surface area (TPSA) is 20.2 Å². The van der Waals surface area contributed by atoms with E-state index in [0.29, 0.717) is 6.42 Å². The van der Waals surface area contributed by atoms with Crippen molar-refractivity contribution in [2.45, 2.75) is 6.42 Å². The summed E-state index contributed by atoms with van der Waals surface area (Å²) in [7, 11) is 0. The molecule has 0 bridgehead atoms. The average molecular weight is 128 g/mol. The van der Waals surface area contributed by atoms with Crippen molar-refractivity contribution in [2.24, 2.45) is 5.92 Å². The molecule has 0 aromatic heterocycles. The molecule has 0 fully saturated rings. The summed E-state index contributed by atoms with van der Waals surface area (Å²) in [6, 6.07) is 0. The Kier molecular flexibility index (Phi) is 2.01. The molecule has 1 rings (SSSR count). The van der Waals surface area contributed by atoms with Gasteiger partial charge in [-0.25, -0.2) is 4.39 Å². The van der Waals surface area contributed by atoms with Crippen LogP contribution in [0.3, 0.4) is 0 Å². The highest BCUT2D eigenvalue weighted by atomic mass is 19.1. The second-order valence-corrected chi connectivity index (χ2v) is 2.09. The summed E-state index contributed by atoms with van der Waals surface area (Å²) in [5.74, 6) is -0.240. The van der Waals surface area contributed by atoms with Crippen LogP contribution in [-0.4, -0.2) is 11.7 Å². The number of rotatable bonds is 1. The van der Waals surface area contributed by atoms with E-state index in [1.165, 1.54) is 6.08 Å². The molecule has 0 aromatic carbocycles. The molecule has 0 heterocycles. The summed E-state index contributed by atoms with van der Waals surface area (Å²) < 4.78 is 12.3. The molecule has 0 amide bonds. The molecule has 0 aliphatic heterocycles. The molecule has 0 radical (unpaired) electrons. The Morgan fingerprint density at radius 2 is 2.56 bits per heavy atom. The number of aliphatic hydroxyl groups excluding tert-OH is 1. The van der Waals surface area contributed by atoms with E-state index in [0.717, 1.165) is 0 Å². The van der Waals surface area contributed by atoms with Crippen molar-refractivity contribution in [3.05, 3.63) is 24.1 Å². The summed E-state index contributed by atoms with van der Waals surface area (Å²) >= 11 is 0. The third-order valence-corrected chi connectivity index (χ3v) is 1.30. The van der Waals surface area contributed by atoms with Crippen LogP contribution in [0.4, 0.5) is 4.39 Å². The molecule has 2 heteroatoms. The molecule has 0 saturated carbocycles. The Balaban J connectivity index is 2.55. The summed E-state index contributed by atoms with van der Waals surface area (Å²) in [6.07, 6.45) is 5.37. The first-order valence-corrected chi connectivity index (χ1v) is 2.96. The third-order valence-electron chi connectivity index (χ3n) is 1.30. The minimum atomic E-state index is -0.142. The van der Waals surface area contributed by atoms with E-state index in [-0.39, 0.29) is 18.4 Å². The van der Waals surface area contributed by atoms with Gasteiger partial charge in [-0.1, -0.05) is 12.2 Å². The van der Waals surface area contributed by atoms with Crippen LogP contribution in [0.5, 0.6) is 0 Å². The molecular weight excluding hydrogens is 119 g/mol. The molecule has 1 unspecified atom stereocenters. The van der Waals surface area contributed by atoms with Crippen molar-refractivity contribution < 1.29 is 9.50 Å². The zero-order chi connectivity index (χ0) is 6.69. The van der Waals surface area contributed by atoms with Crippen LogP contribution < -0.4 is 0 Å². The molecule has 1 aliphatic rings. The summed E-state index contributed by atoms with van der Waals surface area (Å²) in [5.41, 5.74) is 0. The molecule has 0 spiro atoms. The lowest BCUT2D eigenvalue weighted by atomic mass is 10.0. The maximum Gasteiger partial charge on any atom is 0.100 e. The highest BCUT2D eigenvalue weighted by Crippen LogP contribution is 2.15. The number of aliphatic hydroxyl groups is 1. The number of hydrogen-bond donors (Lipinski definition) is 1. The van der Waals surface area contributed by atoms with Gasteiger partial charge in [0.05, 0.1) is 6.61 Å². The van der Waals surface area contributed by atoms with Crippen molar-refractivity contribution in [1.29, 1.82) is 0 Å². The largest absolute Gasteiger partial charge is 0.395 e. The fraction of sp³-hybridized carbons (Fsp3) is 0.429. The van der Waals surface area contributed by atoms with Gasteiger partial charge >= 0.3 is 0 Å². The van der Waals surface area contributed by atoms with Gasteiger partial charge in [0.25, 0.3) is 0 Å². The van der Waals surface area contributed by atoms with Gasteiger partial charge in [0.1, 0.15) is 5.83 Å². The van der Waals surface area contributed by atoms with E-state index >= 15 is 0 Å². The zero-order valence-corrected chi connectivity index (χ0v) is 5.05. The Morgan fingerprint density at radius 1 is 1.78 bits per heavy atom. The monoisotopic (exact) mass is 128 g/mol. The smallest absolute Gasteiger partial charge is 0.100 e. The second-order valence-electron chi connectivity index (χ2n) is 2.09. The first-order chi connectivity index (χ1) is 4.33. The number of allylic oxidation sites excluding steroid dienone is 2. The molecule has 9 heavy (non-hydrogen) atoms. The van der Waals surface area contributed by atoms with Crippen molar-refractivity contribution in [2.75, 3.05) is 6.61 Å². The number of hydrogen-bond acceptors (Lipinski definition) is 1. The third kappa shape index (κ3) is 1.64. The highest BCUT2D eigenvalue weighted by molar-refractivity contribution is 5.13. The van der Waals surface area contributed by atoms with Gasteiger partial charge in [0.15, 0.2) is 0 Å². The maximum atomic E-state index is 12.3. The maximum absolute atomic E-state index is 12.3. The Hall–Kier alpha value is -0.630. The SMILES string of the molecule is OCC1C=CCC(F)=C1. The van der Waals surface area contributed by atoms with E-state index in [9.17, 15) is 4.39 Å². The quantitative estimate of drug-likeness (QED) is 0.529. The second kappa shape index (κ2) is 2.78. The van der Waals surface area contributed by atoms with Crippen molar-refractivity contribution >= 4 is 0 Å². The molecule has 1 nitrogen and oxygen atoms in total. The van der Waals surface area contributed by atoms with Crippen LogP contribution in [0.25, 0.3) is 0 Å². The predicted molar refractivity (Wildman–Crippen MR) is 33.5 cm³/mol. The van der Waals surface area contributed by atoms with Gasteiger partial charge in [-0.05, 0) is 6.08 Å². The van der Waals surface area contributed by atoms with E-state index in [1.807, 2.05) is 6.08 Å². The molecule has 50 valence electrons. The van der Waals surface area contributed by atoms with Crippen LogP contribution >= 0.6 is 0 Å². The van der Waals surface area contributed by atoms with E-state index in [1.54, 1.807) is 6.08 Å². The lowest BCUT2D eigenvalue weighted by molar-refractivity contribution is 0.271. The van der Waals surface area contributed by atoms with Gasteiger partial charge in [0, 0.05) is 12.3 Å². The summed E-state index contributed by atoms with van der Waals surface area (Å²) in [4.78, 5) is 0. The van der Waals surface area contributed by atoms with E-state index in [4.69, 9.17) is 5.11 Å². The van der Waals surface area contributed by atoms with Crippen molar-refractivity contribution in [3.8, 4) is 0 Å². The Bertz CT molecular complexity index is 149. The molecule has 1 aliphatic carbocycles. The van der Waals surface area contributed by atoms with E-state index < -0.39 is 0 Å². The van der Waals surface area contributed by atoms with Gasteiger partial charge < -0.3 is 5.11 Å². The lowest BCUT2D eigenvalue weighted by Gasteiger charge is -2.06. The summed E-state index contributed by atoms with van der Waals surface area (Å²) in [5, 5.41) is 8.55. The lowest BCUT2D eigenvalue weighted by Crippen LogP contribution is -2.01. The van der Waals surface area contributed by atoms with Gasteiger partial charge in [-0.15, -0.1) is 0 Å². The number of halogens is 1. The molecule has 0 aromatic rings. The zero-order valence-electron chi connectivity index (χ0n) is 5.05. The Labute approximate surface area is 53.5 Å². The highest BCUT2D eigenvalue weighted by Gasteiger charge is 2.05. The molecule has 0 saturated heterocycles. The standard InChI is InChI=1S/C7H9FO/c8-7-3-1-2-6(4-7)5-9/h1-2,4,6,9H,3,5H2. The fourth-order valence-corrected chi connectivity index (χ4v) is 0.825.